The second-order valence-corrected chi connectivity index (χ2v) is 4.09. The average molecular weight is 238 g/mol. The van der Waals surface area contributed by atoms with E-state index in [9.17, 15) is 9.59 Å². The summed E-state index contributed by atoms with van der Waals surface area (Å²) in [5.74, 6) is -0.377. The largest absolute Gasteiger partial charge is 0.330 e. The Kier molecular flexibility index (Phi) is 4.84. The molecule has 0 atom stereocenters. The molecule has 0 radical (unpaired) electrons. The van der Waals surface area contributed by atoms with Gasteiger partial charge in [0.1, 0.15) is 0 Å². The lowest BCUT2D eigenvalue weighted by Gasteiger charge is -2.12. The summed E-state index contributed by atoms with van der Waals surface area (Å²) in [5, 5.41) is 12.8. The van der Waals surface area contributed by atoms with E-state index >= 15 is 0 Å². The molecule has 1 aliphatic rings. The predicted octanol–water partition coefficient (Wildman–Crippen LogP) is -0.175. The number of allylic oxidation sites excluding steroid dienone is 1. The molecule has 0 spiro atoms. The molecule has 94 valence electrons. The zero-order valence-corrected chi connectivity index (χ0v) is 10.2. The Labute approximate surface area is 101 Å². The lowest BCUT2D eigenvalue weighted by Crippen LogP contribution is -2.30. The van der Waals surface area contributed by atoms with Crippen LogP contribution in [0.25, 0.3) is 0 Å². The quantitative estimate of drug-likeness (QED) is 0.469. The molecule has 17 heavy (non-hydrogen) atoms. The summed E-state index contributed by atoms with van der Waals surface area (Å²) < 4.78 is 0. The summed E-state index contributed by atoms with van der Waals surface area (Å²) in [6.45, 7) is 5.28. The highest BCUT2D eigenvalue weighted by Gasteiger charge is 2.15. The zero-order valence-electron chi connectivity index (χ0n) is 10.2. The van der Waals surface area contributed by atoms with Crippen molar-refractivity contribution in [2.24, 2.45) is 0 Å². The van der Waals surface area contributed by atoms with Gasteiger partial charge in [0.25, 0.3) is 0 Å². The monoisotopic (exact) mass is 238 g/mol. The first-order valence-electron chi connectivity index (χ1n) is 5.51. The fraction of sp³-hybridized carbons (Fsp3) is 0.545. The molecule has 6 nitrogen and oxygen atoms in total. The van der Waals surface area contributed by atoms with Crippen LogP contribution in [0, 0.1) is 5.41 Å². The van der Waals surface area contributed by atoms with Crippen LogP contribution in [0.4, 0.5) is 0 Å². The minimum absolute atomic E-state index is 0.0602. The van der Waals surface area contributed by atoms with Gasteiger partial charge in [-0.25, -0.2) is 0 Å². The van der Waals surface area contributed by atoms with Crippen LogP contribution in [0.3, 0.4) is 0 Å². The van der Waals surface area contributed by atoms with Gasteiger partial charge in [-0.05, 0) is 13.8 Å². The number of nitrogens with zero attached hydrogens (tertiary/aromatic N) is 1. The second kappa shape index (κ2) is 6.15. The normalized spacial score (nSPS) is 15.9. The Balaban J connectivity index is 2.45. The summed E-state index contributed by atoms with van der Waals surface area (Å²) in [5.41, 5.74) is 0.804. The summed E-state index contributed by atoms with van der Waals surface area (Å²) in [7, 11) is 0. The molecule has 0 aliphatic carbocycles. The maximum atomic E-state index is 11.7. The van der Waals surface area contributed by atoms with E-state index in [2.05, 4.69) is 10.6 Å². The minimum Gasteiger partial charge on any atom is -0.330 e. The number of hydrogen-bond acceptors (Lipinski definition) is 4. The second-order valence-electron chi connectivity index (χ2n) is 4.09. The molecule has 1 saturated heterocycles. The van der Waals surface area contributed by atoms with E-state index in [0.29, 0.717) is 24.6 Å². The first-order chi connectivity index (χ1) is 7.99. The van der Waals surface area contributed by atoms with Crippen molar-refractivity contribution in [3.05, 3.63) is 11.8 Å². The first-order valence-corrected chi connectivity index (χ1v) is 5.51. The van der Waals surface area contributed by atoms with Crippen LogP contribution >= 0.6 is 0 Å². The van der Waals surface area contributed by atoms with Gasteiger partial charge in [-0.3, -0.25) is 14.9 Å². The Morgan fingerprint density at radius 2 is 2.18 bits per heavy atom. The number of hydrogen-bond donors (Lipinski definition) is 3. The predicted molar refractivity (Wildman–Crippen MR) is 64.5 cm³/mol. The molecule has 1 rings (SSSR count). The van der Waals surface area contributed by atoms with Gasteiger partial charge in [-0.2, -0.15) is 0 Å². The number of carbonyl (C=O) groups is 2. The fourth-order valence-electron chi connectivity index (χ4n) is 1.51. The van der Waals surface area contributed by atoms with Crippen molar-refractivity contribution in [2.45, 2.75) is 20.3 Å². The highest BCUT2D eigenvalue weighted by Crippen LogP contribution is 1.98. The van der Waals surface area contributed by atoms with Crippen LogP contribution in [0.1, 0.15) is 20.3 Å². The van der Waals surface area contributed by atoms with Crippen molar-refractivity contribution >= 4 is 17.5 Å². The maximum Gasteiger partial charge on any atom is 0.249 e. The van der Waals surface area contributed by atoms with E-state index in [1.807, 2.05) is 0 Å². The van der Waals surface area contributed by atoms with E-state index in [4.69, 9.17) is 5.41 Å². The molecule has 3 N–H and O–H groups in total. The minimum atomic E-state index is -0.265. The number of nitrogens with one attached hydrogen (secondary N) is 3. The van der Waals surface area contributed by atoms with Crippen molar-refractivity contribution in [1.82, 2.24) is 15.5 Å². The van der Waals surface area contributed by atoms with Crippen LogP contribution in [-0.2, 0) is 9.59 Å². The van der Waals surface area contributed by atoms with E-state index < -0.39 is 0 Å². The molecular weight excluding hydrogens is 220 g/mol. The summed E-state index contributed by atoms with van der Waals surface area (Å²) in [6.07, 6.45) is 1.47. The molecule has 0 aromatic rings. The molecule has 0 aromatic heterocycles. The molecule has 2 amide bonds. The van der Waals surface area contributed by atoms with Crippen LogP contribution in [0.5, 0.6) is 0 Å². The molecule has 1 fully saturated rings. The van der Waals surface area contributed by atoms with Crippen molar-refractivity contribution in [3.63, 3.8) is 0 Å². The topological polar surface area (TPSA) is 85.3 Å². The molecule has 0 aromatic carbocycles. The molecule has 0 unspecified atom stereocenters. The SMILES string of the molecule is CC(=N)CC(=O)NC(C)=CC(=O)N1CCNC1. The first kappa shape index (κ1) is 13.4. The van der Waals surface area contributed by atoms with Crippen LogP contribution in [-0.4, -0.2) is 42.2 Å². The van der Waals surface area contributed by atoms with Crippen molar-refractivity contribution in [2.75, 3.05) is 19.8 Å². The van der Waals surface area contributed by atoms with Gasteiger partial charge in [0, 0.05) is 30.6 Å². The highest BCUT2D eigenvalue weighted by atomic mass is 16.2. The van der Waals surface area contributed by atoms with Gasteiger partial charge >= 0.3 is 0 Å². The van der Waals surface area contributed by atoms with E-state index in [0.717, 1.165) is 6.54 Å². The van der Waals surface area contributed by atoms with E-state index in [-0.39, 0.29) is 18.2 Å². The number of amides is 2. The van der Waals surface area contributed by atoms with Crippen molar-refractivity contribution in [1.29, 1.82) is 5.41 Å². The summed E-state index contributed by atoms with van der Waals surface area (Å²) in [6, 6.07) is 0. The Hall–Kier alpha value is -1.69. The Bertz CT molecular complexity index is 356. The third kappa shape index (κ3) is 4.78. The fourth-order valence-corrected chi connectivity index (χ4v) is 1.51. The van der Waals surface area contributed by atoms with Crippen LogP contribution in [0.15, 0.2) is 11.8 Å². The number of rotatable bonds is 4. The molecule has 1 heterocycles. The van der Waals surface area contributed by atoms with Gasteiger partial charge in [-0.15, -0.1) is 0 Å². The molecule has 0 saturated carbocycles. The van der Waals surface area contributed by atoms with Gasteiger partial charge in [0.15, 0.2) is 0 Å². The van der Waals surface area contributed by atoms with Crippen molar-refractivity contribution in [3.8, 4) is 0 Å². The molecular formula is C11H18N4O2. The Morgan fingerprint density at radius 1 is 1.47 bits per heavy atom. The standard InChI is InChI=1S/C11H18N4O2/c1-8(12)5-10(16)14-9(2)6-11(17)15-4-3-13-7-15/h6,12-13H,3-5,7H2,1-2H3,(H,14,16). The van der Waals surface area contributed by atoms with Gasteiger partial charge in [0.05, 0.1) is 13.1 Å². The summed E-state index contributed by atoms with van der Waals surface area (Å²) >= 11 is 0. The summed E-state index contributed by atoms with van der Waals surface area (Å²) in [4.78, 5) is 24.7. The van der Waals surface area contributed by atoms with Gasteiger partial charge < -0.3 is 15.6 Å². The Morgan fingerprint density at radius 3 is 2.71 bits per heavy atom. The zero-order chi connectivity index (χ0) is 12.8. The smallest absolute Gasteiger partial charge is 0.249 e. The lowest BCUT2D eigenvalue weighted by molar-refractivity contribution is -0.125. The van der Waals surface area contributed by atoms with Crippen molar-refractivity contribution < 1.29 is 9.59 Å². The highest BCUT2D eigenvalue weighted by molar-refractivity contribution is 5.99. The average Bonchev–Trinajstić information content (AvgIpc) is 2.67. The van der Waals surface area contributed by atoms with E-state index in [1.165, 1.54) is 6.08 Å². The van der Waals surface area contributed by atoms with E-state index in [1.54, 1.807) is 18.7 Å². The van der Waals surface area contributed by atoms with Gasteiger partial charge in [0.2, 0.25) is 11.8 Å². The molecule has 6 heteroatoms. The number of carbonyl (C=O) groups excluding carboxylic acids is 2. The molecule has 0 bridgehead atoms. The van der Waals surface area contributed by atoms with Crippen LogP contribution in [0.2, 0.25) is 0 Å². The van der Waals surface area contributed by atoms with Gasteiger partial charge in [-0.1, -0.05) is 0 Å². The third-order valence-electron chi connectivity index (χ3n) is 2.28. The third-order valence-corrected chi connectivity index (χ3v) is 2.28. The molecule has 1 aliphatic heterocycles. The lowest BCUT2D eigenvalue weighted by atomic mass is 10.3. The van der Waals surface area contributed by atoms with Crippen LogP contribution < -0.4 is 10.6 Å². The maximum absolute atomic E-state index is 11.7.